The maximum absolute atomic E-state index is 12.4. The molecular formula is C22H21NO4S. The smallest absolute Gasteiger partial charge is 0.258 e. The van der Waals surface area contributed by atoms with Crippen LogP contribution in [-0.4, -0.2) is 24.9 Å². The van der Waals surface area contributed by atoms with Crippen molar-refractivity contribution in [3.63, 3.8) is 0 Å². The van der Waals surface area contributed by atoms with Gasteiger partial charge < -0.3 is 14.8 Å². The third kappa shape index (κ3) is 5.44. The molecule has 0 aliphatic heterocycles. The number of ketones is 1. The quantitative estimate of drug-likeness (QED) is 0.555. The fraction of sp³-hybridized carbons (Fsp3) is 0.182. The second-order valence-corrected chi connectivity index (χ2v) is 7.10. The summed E-state index contributed by atoms with van der Waals surface area (Å²) in [5.74, 6) is 1.13. The van der Waals surface area contributed by atoms with Gasteiger partial charge in [-0.25, -0.2) is 0 Å². The Morgan fingerprint density at radius 1 is 0.893 bits per heavy atom. The predicted octanol–water partition coefficient (Wildman–Crippen LogP) is 4.07. The van der Waals surface area contributed by atoms with E-state index in [9.17, 15) is 9.59 Å². The first kappa shape index (κ1) is 19.6. The van der Waals surface area contributed by atoms with Crippen molar-refractivity contribution in [2.75, 3.05) is 13.2 Å². The molecule has 0 unspecified atom stereocenters. The maximum Gasteiger partial charge on any atom is 0.258 e. The van der Waals surface area contributed by atoms with Crippen LogP contribution in [0, 0.1) is 0 Å². The van der Waals surface area contributed by atoms with E-state index >= 15 is 0 Å². The van der Waals surface area contributed by atoms with E-state index in [-0.39, 0.29) is 18.3 Å². The van der Waals surface area contributed by atoms with Gasteiger partial charge in [-0.05, 0) is 43.3 Å². The Kier molecular flexibility index (Phi) is 6.81. The van der Waals surface area contributed by atoms with E-state index in [1.807, 2.05) is 31.2 Å². The second kappa shape index (κ2) is 9.71. The zero-order valence-electron chi connectivity index (χ0n) is 15.5. The Bertz CT molecular complexity index is 919. The van der Waals surface area contributed by atoms with Gasteiger partial charge in [-0.15, -0.1) is 11.3 Å². The van der Waals surface area contributed by atoms with Gasteiger partial charge in [0.2, 0.25) is 5.78 Å². The average Bonchev–Trinajstić information content (AvgIpc) is 3.21. The fourth-order valence-electron chi connectivity index (χ4n) is 2.51. The SMILES string of the molecule is CCOc1ccc(OCC(=O)NCc2ccc(C(=O)c3ccccc3)s2)cc1. The first-order chi connectivity index (χ1) is 13.7. The van der Waals surface area contributed by atoms with Gasteiger partial charge in [-0.2, -0.15) is 0 Å². The molecular weight excluding hydrogens is 374 g/mol. The van der Waals surface area contributed by atoms with E-state index in [2.05, 4.69) is 5.32 Å². The van der Waals surface area contributed by atoms with Crippen molar-refractivity contribution < 1.29 is 19.1 Å². The molecule has 5 nitrogen and oxygen atoms in total. The van der Waals surface area contributed by atoms with Crippen LogP contribution in [0.3, 0.4) is 0 Å². The number of hydrogen-bond donors (Lipinski definition) is 1. The molecule has 0 saturated heterocycles. The van der Waals surface area contributed by atoms with E-state index in [1.165, 1.54) is 11.3 Å². The minimum atomic E-state index is -0.224. The van der Waals surface area contributed by atoms with Gasteiger partial charge in [0.25, 0.3) is 5.91 Å². The Hall–Kier alpha value is -3.12. The third-order valence-corrected chi connectivity index (χ3v) is 4.97. The summed E-state index contributed by atoms with van der Waals surface area (Å²) in [6, 6.07) is 19.9. The van der Waals surface area contributed by atoms with Crippen LogP contribution in [0.25, 0.3) is 0 Å². The molecule has 0 spiro atoms. The summed E-state index contributed by atoms with van der Waals surface area (Å²) in [6.07, 6.45) is 0. The largest absolute Gasteiger partial charge is 0.494 e. The van der Waals surface area contributed by atoms with E-state index < -0.39 is 0 Å². The zero-order chi connectivity index (χ0) is 19.8. The van der Waals surface area contributed by atoms with Gasteiger partial charge in [0.1, 0.15) is 11.5 Å². The lowest BCUT2D eigenvalue weighted by atomic mass is 10.1. The molecule has 144 valence electrons. The van der Waals surface area contributed by atoms with Crippen molar-refractivity contribution in [2.45, 2.75) is 13.5 Å². The molecule has 0 fully saturated rings. The Labute approximate surface area is 167 Å². The minimum absolute atomic E-state index is 0.0120. The van der Waals surface area contributed by atoms with Gasteiger partial charge in [-0.1, -0.05) is 30.3 Å². The lowest BCUT2D eigenvalue weighted by molar-refractivity contribution is -0.123. The number of nitrogens with one attached hydrogen (secondary N) is 1. The van der Waals surface area contributed by atoms with Crippen molar-refractivity contribution in [2.24, 2.45) is 0 Å². The van der Waals surface area contributed by atoms with E-state index in [0.29, 0.717) is 29.3 Å². The molecule has 0 bridgehead atoms. The average molecular weight is 395 g/mol. The molecule has 6 heteroatoms. The number of carbonyl (C=O) groups excluding carboxylic acids is 2. The molecule has 3 rings (SSSR count). The first-order valence-electron chi connectivity index (χ1n) is 8.96. The Morgan fingerprint density at radius 2 is 1.57 bits per heavy atom. The highest BCUT2D eigenvalue weighted by Gasteiger charge is 2.12. The number of amides is 1. The van der Waals surface area contributed by atoms with E-state index in [4.69, 9.17) is 9.47 Å². The van der Waals surface area contributed by atoms with Crippen LogP contribution in [0.15, 0.2) is 66.7 Å². The minimum Gasteiger partial charge on any atom is -0.494 e. The second-order valence-electron chi connectivity index (χ2n) is 5.93. The van der Waals surface area contributed by atoms with Crippen molar-refractivity contribution in [1.29, 1.82) is 0 Å². The Balaban J connectivity index is 1.46. The molecule has 3 aromatic rings. The first-order valence-corrected chi connectivity index (χ1v) is 9.78. The van der Waals surface area contributed by atoms with Crippen LogP contribution in [0.5, 0.6) is 11.5 Å². The fourth-order valence-corrected chi connectivity index (χ4v) is 3.42. The highest BCUT2D eigenvalue weighted by atomic mass is 32.1. The van der Waals surface area contributed by atoms with Gasteiger partial charge >= 0.3 is 0 Å². The lowest BCUT2D eigenvalue weighted by Crippen LogP contribution is -2.28. The number of thiophene rings is 1. The molecule has 0 atom stereocenters. The summed E-state index contributed by atoms with van der Waals surface area (Å²) >= 11 is 1.38. The monoisotopic (exact) mass is 395 g/mol. The van der Waals surface area contributed by atoms with Gasteiger partial charge in [0.05, 0.1) is 18.0 Å². The van der Waals surface area contributed by atoms with Crippen LogP contribution in [-0.2, 0) is 11.3 Å². The van der Waals surface area contributed by atoms with Crippen LogP contribution < -0.4 is 14.8 Å². The molecule has 1 aromatic heterocycles. The summed E-state index contributed by atoms with van der Waals surface area (Å²) in [6.45, 7) is 2.81. The molecule has 0 radical (unpaired) electrons. The molecule has 1 heterocycles. The van der Waals surface area contributed by atoms with Crippen molar-refractivity contribution in [3.05, 3.63) is 82.0 Å². The molecule has 28 heavy (non-hydrogen) atoms. The number of ether oxygens (including phenoxy) is 2. The van der Waals surface area contributed by atoms with Crippen molar-refractivity contribution in [1.82, 2.24) is 5.32 Å². The van der Waals surface area contributed by atoms with Crippen LogP contribution in [0.1, 0.15) is 27.0 Å². The molecule has 0 saturated carbocycles. The Morgan fingerprint density at radius 3 is 2.25 bits per heavy atom. The standard InChI is InChI=1S/C22H21NO4S/c1-2-26-17-8-10-18(11-9-17)27-15-21(24)23-14-19-12-13-20(28-19)22(25)16-6-4-3-5-7-16/h3-13H,2,14-15H2,1H3,(H,23,24). The topological polar surface area (TPSA) is 64.6 Å². The molecule has 1 amide bonds. The number of benzene rings is 2. The van der Waals surface area contributed by atoms with Crippen molar-refractivity contribution in [3.8, 4) is 11.5 Å². The van der Waals surface area contributed by atoms with Gasteiger partial charge in [0.15, 0.2) is 6.61 Å². The van der Waals surface area contributed by atoms with E-state index in [1.54, 1.807) is 42.5 Å². The van der Waals surface area contributed by atoms with Gasteiger partial charge in [-0.3, -0.25) is 9.59 Å². The van der Waals surface area contributed by atoms with Crippen LogP contribution in [0.2, 0.25) is 0 Å². The summed E-state index contributed by atoms with van der Waals surface area (Å²) in [7, 11) is 0. The lowest BCUT2D eigenvalue weighted by Gasteiger charge is -2.08. The summed E-state index contributed by atoms with van der Waals surface area (Å²) in [5, 5.41) is 2.80. The molecule has 0 aliphatic carbocycles. The summed E-state index contributed by atoms with van der Waals surface area (Å²) in [4.78, 5) is 26.0. The third-order valence-electron chi connectivity index (χ3n) is 3.89. The molecule has 1 N–H and O–H groups in total. The molecule has 0 aliphatic rings. The van der Waals surface area contributed by atoms with Gasteiger partial charge in [0, 0.05) is 10.4 Å². The zero-order valence-corrected chi connectivity index (χ0v) is 16.3. The summed E-state index contributed by atoms with van der Waals surface area (Å²) in [5.41, 5.74) is 0.656. The van der Waals surface area contributed by atoms with Crippen LogP contribution >= 0.6 is 11.3 Å². The highest BCUT2D eigenvalue weighted by Crippen LogP contribution is 2.20. The normalized spacial score (nSPS) is 10.3. The number of carbonyl (C=O) groups is 2. The number of rotatable bonds is 9. The number of hydrogen-bond acceptors (Lipinski definition) is 5. The molecule has 2 aromatic carbocycles. The van der Waals surface area contributed by atoms with Crippen LogP contribution in [0.4, 0.5) is 0 Å². The summed E-state index contributed by atoms with van der Waals surface area (Å²) < 4.78 is 10.8. The maximum atomic E-state index is 12.4. The highest BCUT2D eigenvalue weighted by molar-refractivity contribution is 7.14. The van der Waals surface area contributed by atoms with E-state index in [0.717, 1.165) is 10.6 Å². The van der Waals surface area contributed by atoms with Crippen molar-refractivity contribution >= 4 is 23.0 Å². The predicted molar refractivity (Wildman–Crippen MR) is 109 cm³/mol.